The maximum atomic E-state index is 10.6. The van der Waals surface area contributed by atoms with E-state index in [4.69, 9.17) is 4.74 Å². The van der Waals surface area contributed by atoms with Gasteiger partial charge in [0.05, 0.1) is 0 Å². The van der Waals surface area contributed by atoms with E-state index < -0.39 is 17.6 Å². The molecule has 0 aliphatic carbocycles. The molecule has 0 aromatic heterocycles. The molecule has 2 N–H and O–H groups in total. The van der Waals surface area contributed by atoms with Crippen LogP contribution in [0.15, 0.2) is 54.6 Å². The molecule has 6 nitrogen and oxygen atoms in total. The van der Waals surface area contributed by atoms with Gasteiger partial charge in [0.1, 0.15) is 18.5 Å². The van der Waals surface area contributed by atoms with Gasteiger partial charge in [-0.1, -0.05) is 49.4 Å². The van der Waals surface area contributed by atoms with Crippen LogP contribution in [-0.4, -0.2) is 35.3 Å². The van der Waals surface area contributed by atoms with Crippen LogP contribution < -0.4 is 10.1 Å². The van der Waals surface area contributed by atoms with Gasteiger partial charge in [-0.15, -0.1) is 0 Å². The highest BCUT2D eigenvalue weighted by molar-refractivity contribution is 5.28. The minimum Gasteiger partial charge on any atom is -0.489 e. The zero-order valence-electron chi connectivity index (χ0n) is 14.3. The van der Waals surface area contributed by atoms with E-state index in [1.807, 2.05) is 61.5 Å². The van der Waals surface area contributed by atoms with Crippen molar-refractivity contribution in [3.63, 3.8) is 0 Å². The van der Waals surface area contributed by atoms with Crippen molar-refractivity contribution in [3.8, 4) is 5.75 Å². The molecule has 0 heterocycles. The molecule has 2 aromatic carbocycles. The topological polar surface area (TPSA) is 84.6 Å². The lowest BCUT2D eigenvalue weighted by Crippen LogP contribution is -2.44. The summed E-state index contributed by atoms with van der Waals surface area (Å²) in [6, 6.07) is 17.2. The number of aliphatic hydroxyl groups is 1. The van der Waals surface area contributed by atoms with Gasteiger partial charge in [-0.25, -0.2) is 0 Å². The maximum Gasteiger partial charge on any atom is 0.230 e. The van der Waals surface area contributed by atoms with Crippen molar-refractivity contribution < 1.29 is 14.8 Å². The molecule has 6 heteroatoms. The Balaban J connectivity index is 1.92. The first kappa shape index (κ1) is 18.9. The Morgan fingerprint density at radius 2 is 1.80 bits per heavy atom. The molecular weight excluding hydrogens is 320 g/mol. The van der Waals surface area contributed by atoms with Crippen LogP contribution in [0.1, 0.15) is 18.1 Å². The van der Waals surface area contributed by atoms with Crippen LogP contribution in [0.5, 0.6) is 5.75 Å². The number of aliphatic hydroxyl groups excluding tert-OH is 1. The summed E-state index contributed by atoms with van der Waals surface area (Å²) in [4.78, 5) is 10.1. The third kappa shape index (κ3) is 6.52. The second kappa shape index (κ2) is 9.76. The summed E-state index contributed by atoms with van der Waals surface area (Å²) in [6.45, 7) is 2.59. The summed E-state index contributed by atoms with van der Waals surface area (Å²) in [6.07, 6.45) is -0.508. The second-order valence-electron chi connectivity index (χ2n) is 5.87. The zero-order valence-corrected chi connectivity index (χ0v) is 14.3. The Kier molecular flexibility index (Phi) is 7.37. The molecular formula is C19H24N2O4. The molecule has 134 valence electrons. The minimum absolute atomic E-state index is 0.355. The van der Waals surface area contributed by atoms with E-state index in [0.29, 0.717) is 19.6 Å². The van der Waals surface area contributed by atoms with Gasteiger partial charge in [0.15, 0.2) is 0 Å². The van der Waals surface area contributed by atoms with Crippen molar-refractivity contribution in [3.05, 3.63) is 75.8 Å². The number of rotatable bonds is 10. The summed E-state index contributed by atoms with van der Waals surface area (Å²) in [5, 5.41) is 23.7. The van der Waals surface area contributed by atoms with Crippen molar-refractivity contribution >= 4 is 0 Å². The standard InChI is InChI=1S/C19H24N2O4/c1-2-20-18(19(22)13-21(23)24)12-15-8-10-17(11-9-15)25-14-16-6-4-3-5-7-16/h3-11,18-20,22H,2,12-14H2,1H3. The molecule has 0 bridgehead atoms. The van der Waals surface area contributed by atoms with E-state index in [1.165, 1.54) is 0 Å². The molecule has 0 aliphatic rings. The van der Waals surface area contributed by atoms with E-state index in [9.17, 15) is 15.2 Å². The molecule has 0 fully saturated rings. The Bertz CT molecular complexity index is 646. The van der Waals surface area contributed by atoms with Gasteiger partial charge in [0.25, 0.3) is 0 Å². The maximum absolute atomic E-state index is 10.6. The molecule has 2 rings (SSSR count). The third-order valence-corrected chi connectivity index (χ3v) is 3.89. The molecule has 0 radical (unpaired) electrons. The fourth-order valence-electron chi connectivity index (χ4n) is 2.60. The van der Waals surface area contributed by atoms with Crippen LogP contribution in [0.3, 0.4) is 0 Å². The van der Waals surface area contributed by atoms with Gasteiger partial charge in [-0.05, 0) is 36.2 Å². The highest BCUT2D eigenvalue weighted by atomic mass is 16.6. The van der Waals surface area contributed by atoms with Crippen molar-refractivity contribution in [2.45, 2.75) is 32.1 Å². The van der Waals surface area contributed by atoms with E-state index in [0.717, 1.165) is 16.9 Å². The predicted octanol–water partition coefficient (Wildman–Crippen LogP) is 2.42. The van der Waals surface area contributed by atoms with E-state index in [-0.39, 0.29) is 6.04 Å². The fraction of sp³-hybridized carbons (Fsp3) is 0.368. The van der Waals surface area contributed by atoms with Gasteiger partial charge in [-0.3, -0.25) is 10.1 Å². The van der Waals surface area contributed by atoms with Gasteiger partial charge in [0.2, 0.25) is 6.54 Å². The molecule has 0 spiro atoms. The number of nitro groups is 1. The zero-order chi connectivity index (χ0) is 18.1. The van der Waals surface area contributed by atoms with Crippen molar-refractivity contribution in [2.75, 3.05) is 13.1 Å². The number of benzene rings is 2. The van der Waals surface area contributed by atoms with Gasteiger partial charge >= 0.3 is 0 Å². The number of likely N-dealkylation sites (N-methyl/N-ethyl adjacent to an activating group) is 1. The van der Waals surface area contributed by atoms with Gasteiger partial charge in [0, 0.05) is 11.0 Å². The normalized spacial score (nSPS) is 13.2. The van der Waals surface area contributed by atoms with Crippen LogP contribution in [0, 0.1) is 10.1 Å². The van der Waals surface area contributed by atoms with Crippen LogP contribution in [0.4, 0.5) is 0 Å². The lowest BCUT2D eigenvalue weighted by atomic mass is 10.0. The van der Waals surface area contributed by atoms with Crippen LogP contribution in [0.25, 0.3) is 0 Å². The largest absolute Gasteiger partial charge is 0.489 e. The number of hydrogen-bond donors (Lipinski definition) is 2. The van der Waals surface area contributed by atoms with E-state index in [2.05, 4.69) is 5.32 Å². The molecule has 0 saturated heterocycles. The molecule has 0 saturated carbocycles. The highest BCUT2D eigenvalue weighted by Crippen LogP contribution is 2.16. The van der Waals surface area contributed by atoms with Crippen molar-refractivity contribution in [1.82, 2.24) is 5.32 Å². The Morgan fingerprint density at radius 1 is 1.12 bits per heavy atom. The molecule has 25 heavy (non-hydrogen) atoms. The summed E-state index contributed by atoms with van der Waals surface area (Å²) in [7, 11) is 0. The first-order valence-corrected chi connectivity index (χ1v) is 8.37. The molecule has 2 unspecified atom stereocenters. The first-order valence-electron chi connectivity index (χ1n) is 8.37. The monoisotopic (exact) mass is 344 g/mol. The smallest absolute Gasteiger partial charge is 0.230 e. The number of ether oxygens (including phenoxy) is 1. The van der Waals surface area contributed by atoms with E-state index >= 15 is 0 Å². The van der Waals surface area contributed by atoms with Crippen LogP contribution >= 0.6 is 0 Å². The highest BCUT2D eigenvalue weighted by Gasteiger charge is 2.23. The summed E-state index contributed by atoms with van der Waals surface area (Å²) in [5.41, 5.74) is 2.09. The first-order chi connectivity index (χ1) is 12.1. The summed E-state index contributed by atoms with van der Waals surface area (Å²) < 4.78 is 5.75. The molecule has 2 atom stereocenters. The number of nitrogens with zero attached hydrogens (tertiary/aromatic N) is 1. The molecule has 2 aromatic rings. The van der Waals surface area contributed by atoms with Crippen molar-refractivity contribution in [2.24, 2.45) is 0 Å². The molecule has 0 aliphatic heterocycles. The van der Waals surface area contributed by atoms with Gasteiger partial charge < -0.3 is 15.2 Å². The van der Waals surface area contributed by atoms with Crippen LogP contribution in [-0.2, 0) is 13.0 Å². The number of hydrogen-bond acceptors (Lipinski definition) is 5. The average molecular weight is 344 g/mol. The van der Waals surface area contributed by atoms with Crippen molar-refractivity contribution in [1.29, 1.82) is 0 Å². The minimum atomic E-state index is -1.02. The summed E-state index contributed by atoms with van der Waals surface area (Å²) in [5.74, 6) is 0.762. The fourth-order valence-corrected chi connectivity index (χ4v) is 2.60. The Morgan fingerprint density at radius 3 is 2.40 bits per heavy atom. The quantitative estimate of drug-likeness (QED) is 0.511. The van der Waals surface area contributed by atoms with Crippen LogP contribution in [0.2, 0.25) is 0 Å². The SMILES string of the molecule is CCNC(Cc1ccc(OCc2ccccc2)cc1)C(O)C[N+](=O)[O-]. The number of nitrogens with one attached hydrogen (secondary N) is 1. The Labute approximate surface area is 147 Å². The predicted molar refractivity (Wildman–Crippen MR) is 96.3 cm³/mol. The van der Waals surface area contributed by atoms with Gasteiger partial charge in [-0.2, -0.15) is 0 Å². The third-order valence-electron chi connectivity index (χ3n) is 3.89. The Hall–Kier alpha value is -2.44. The second-order valence-corrected chi connectivity index (χ2v) is 5.87. The lowest BCUT2D eigenvalue weighted by Gasteiger charge is -2.21. The van der Waals surface area contributed by atoms with E-state index in [1.54, 1.807) is 0 Å². The lowest BCUT2D eigenvalue weighted by molar-refractivity contribution is -0.491. The molecule has 0 amide bonds. The average Bonchev–Trinajstić information content (AvgIpc) is 2.61. The summed E-state index contributed by atoms with van der Waals surface area (Å²) >= 11 is 0.